The Balaban J connectivity index is 0.00000256. The third kappa shape index (κ3) is 4.81. The molecule has 0 spiro atoms. The van der Waals surface area contributed by atoms with E-state index in [-0.39, 0.29) is 18.3 Å². The van der Waals surface area contributed by atoms with Crippen LogP contribution in [0.5, 0.6) is 0 Å². The molecule has 0 bridgehead atoms. The molecule has 0 saturated carbocycles. The predicted octanol–water partition coefficient (Wildman–Crippen LogP) is 4.23. The molecule has 156 valence electrons. The van der Waals surface area contributed by atoms with Crippen LogP contribution in [-0.2, 0) is 0 Å². The van der Waals surface area contributed by atoms with Gasteiger partial charge in [-0.15, -0.1) is 12.4 Å². The zero-order chi connectivity index (χ0) is 20.2. The molecule has 0 unspecified atom stereocenters. The maximum Gasteiger partial charge on any atom is 0.255 e. The second-order valence-corrected chi connectivity index (χ2v) is 7.47. The summed E-state index contributed by atoms with van der Waals surface area (Å²) < 4.78 is 1.78. The average molecular weight is 423 g/mol. The molecule has 30 heavy (non-hydrogen) atoms. The van der Waals surface area contributed by atoms with E-state index in [1.54, 1.807) is 4.68 Å². The van der Waals surface area contributed by atoms with E-state index >= 15 is 0 Å². The topological polar surface area (TPSA) is 59.0 Å². The molecule has 6 heteroatoms. The second-order valence-electron chi connectivity index (χ2n) is 7.47. The molecule has 0 atom stereocenters. The maximum absolute atomic E-state index is 13.1. The summed E-state index contributed by atoms with van der Waals surface area (Å²) >= 11 is 0. The number of carbonyl (C=O) groups excluding carboxylic acids is 1. The molecule has 2 N–H and O–H groups in total. The SMILES string of the molecule is Cc1ccc(-c2nn(-c3ccccc3)cc2C(=O)NCC2=CCNCC2)cc1C.Cl. The number of aromatic nitrogens is 2. The molecule has 0 aliphatic carbocycles. The van der Waals surface area contributed by atoms with Crippen LogP contribution in [0.3, 0.4) is 0 Å². The van der Waals surface area contributed by atoms with E-state index in [9.17, 15) is 4.79 Å². The molecule has 0 radical (unpaired) electrons. The maximum atomic E-state index is 13.1. The van der Waals surface area contributed by atoms with Gasteiger partial charge in [-0.1, -0.05) is 42.0 Å². The quantitative estimate of drug-likeness (QED) is 0.605. The first-order chi connectivity index (χ1) is 14.1. The van der Waals surface area contributed by atoms with Crippen LogP contribution in [0.25, 0.3) is 16.9 Å². The van der Waals surface area contributed by atoms with E-state index in [4.69, 9.17) is 5.10 Å². The molecule has 1 aliphatic rings. The van der Waals surface area contributed by atoms with E-state index in [0.29, 0.717) is 17.8 Å². The van der Waals surface area contributed by atoms with Gasteiger partial charge in [-0.2, -0.15) is 5.10 Å². The lowest BCUT2D eigenvalue weighted by Gasteiger charge is -2.14. The minimum absolute atomic E-state index is 0. The van der Waals surface area contributed by atoms with Gasteiger partial charge in [-0.05, 0) is 56.1 Å². The Bertz CT molecular complexity index is 1060. The number of benzene rings is 2. The first-order valence-electron chi connectivity index (χ1n) is 10.0. The fraction of sp³-hybridized carbons (Fsp3) is 0.250. The van der Waals surface area contributed by atoms with Crippen molar-refractivity contribution in [3.05, 3.63) is 83.1 Å². The van der Waals surface area contributed by atoms with Gasteiger partial charge in [0.2, 0.25) is 0 Å². The number of para-hydroxylation sites is 1. The highest BCUT2D eigenvalue weighted by Crippen LogP contribution is 2.26. The molecule has 0 fully saturated rings. The molecule has 1 aliphatic heterocycles. The largest absolute Gasteiger partial charge is 0.348 e. The van der Waals surface area contributed by atoms with Crippen molar-refractivity contribution in [1.29, 1.82) is 0 Å². The molecule has 4 rings (SSSR count). The van der Waals surface area contributed by atoms with Crippen molar-refractivity contribution in [3.8, 4) is 16.9 Å². The van der Waals surface area contributed by atoms with Crippen molar-refractivity contribution in [3.63, 3.8) is 0 Å². The number of halogens is 1. The molecule has 3 aromatic rings. The molecule has 2 aromatic carbocycles. The highest BCUT2D eigenvalue weighted by molar-refractivity contribution is 6.00. The van der Waals surface area contributed by atoms with Gasteiger partial charge in [0.15, 0.2) is 0 Å². The van der Waals surface area contributed by atoms with Crippen LogP contribution < -0.4 is 10.6 Å². The summed E-state index contributed by atoms with van der Waals surface area (Å²) in [5.41, 5.74) is 6.84. The second kappa shape index (κ2) is 9.74. The van der Waals surface area contributed by atoms with Crippen LogP contribution in [0.1, 0.15) is 27.9 Å². The van der Waals surface area contributed by atoms with E-state index < -0.39 is 0 Å². The van der Waals surface area contributed by atoms with E-state index in [1.807, 2.05) is 42.6 Å². The molecule has 2 heterocycles. The average Bonchev–Trinajstić information content (AvgIpc) is 3.21. The van der Waals surface area contributed by atoms with Gasteiger partial charge in [0.05, 0.1) is 11.3 Å². The van der Waals surface area contributed by atoms with E-state index in [1.165, 1.54) is 16.7 Å². The van der Waals surface area contributed by atoms with Gasteiger partial charge in [0, 0.05) is 24.8 Å². The normalized spacial score (nSPS) is 13.3. The Morgan fingerprint density at radius 2 is 1.93 bits per heavy atom. The van der Waals surface area contributed by atoms with Crippen molar-refractivity contribution >= 4 is 18.3 Å². The highest BCUT2D eigenvalue weighted by Gasteiger charge is 2.19. The third-order valence-corrected chi connectivity index (χ3v) is 5.39. The molecule has 1 aromatic heterocycles. The molecular weight excluding hydrogens is 396 g/mol. The van der Waals surface area contributed by atoms with Crippen molar-refractivity contribution < 1.29 is 4.79 Å². The zero-order valence-electron chi connectivity index (χ0n) is 17.3. The fourth-order valence-electron chi connectivity index (χ4n) is 3.47. The number of carbonyl (C=O) groups is 1. The number of aryl methyl sites for hydroxylation is 2. The van der Waals surface area contributed by atoms with E-state index in [2.05, 4.69) is 42.7 Å². The number of rotatable bonds is 5. The Kier molecular flexibility index (Phi) is 7.08. The Hall–Kier alpha value is -2.89. The van der Waals surface area contributed by atoms with Crippen molar-refractivity contribution in [2.45, 2.75) is 20.3 Å². The summed E-state index contributed by atoms with van der Waals surface area (Å²) in [6.45, 7) is 6.56. The van der Waals surface area contributed by atoms with Gasteiger partial charge < -0.3 is 10.6 Å². The lowest BCUT2D eigenvalue weighted by atomic mass is 10.0. The van der Waals surface area contributed by atoms with Gasteiger partial charge in [0.25, 0.3) is 5.91 Å². The number of hydrogen-bond acceptors (Lipinski definition) is 3. The third-order valence-electron chi connectivity index (χ3n) is 5.39. The molecule has 5 nitrogen and oxygen atoms in total. The van der Waals surface area contributed by atoms with Crippen molar-refractivity contribution in [2.24, 2.45) is 0 Å². The van der Waals surface area contributed by atoms with Crippen LogP contribution >= 0.6 is 12.4 Å². The number of nitrogens with one attached hydrogen (secondary N) is 2. The van der Waals surface area contributed by atoms with Gasteiger partial charge >= 0.3 is 0 Å². The molecule has 0 saturated heterocycles. The zero-order valence-corrected chi connectivity index (χ0v) is 18.1. The highest BCUT2D eigenvalue weighted by atomic mass is 35.5. The van der Waals surface area contributed by atoms with Crippen molar-refractivity contribution in [2.75, 3.05) is 19.6 Å². The summed E-state index contributed by atoms with van der Waals surface area (Å²) in [5, 5.41) is 11.1. The lowest BCUT2D eigenvalue weighted by molar-refractivity contribution is 0.0957. The van der Waals surface area contributed by atoms with Crippen LogP contribution in [0.15, 0.2) is 66.4 Å². The Morgan fingerprint density at radius 1 is 1.13 bits per heavy atom. The van der Waals surface area contributed by atoms with Crippen LogP contribution in [0.4, 0.5) is 0 Å². The predicted molar refractivity (Wildman–Crippen MR) is 124 cm³/mol. The monoisotopic (exact) mass is 422 g/mol. The first kappa shape index (κ1) is 21.8. The van der Waals surface area contributed by atoms with Crippen LogP contribution in [0, 0.1) is 13.8 Å². The summed E-state index contributed by atoms with van der Waals surface area (Å²) in [7, 11) is 0. The Labute approximate surface area is 183 Å². The lowest BCUT2D eigenvalue weighted by Crippen LogP contribution is -2.29. The van der Waals surface area contributed by atoms with Crippen LogP contribution in [-0.4, -0.2) is 35.3 Å². The molecule has 1 amide bonds. The fourth-order valence-corrected chi connectivity index (χ4v) is 3.47. The number of nitrogens with zero attached hydrogens (tertiary/aromatic N) is 2. The minimum Gasteiger partial charge on any atom is -0.348 e. The van der Waals surface area contributed by atoms with E-state index in [0.717, 1.165) is 30.8 Å². The summed E-state index contributed by atoms with van der Waals surface area (Å²) in [6.07, 6.45) is 4.95. The number of hydrogen-bond donors (Lipinski definition) is 2. The van der Waals surface area contributed by atoms with Crippen LogP contribution in [0.2, 0.25) is 0 Å². The Morgan fingerprint density at radius 3 is 2.63 bits per heavy atom. The smallest absolute Gasteiger partial charge is 0.255 e. The summed E-state index contributed by atoms with van der Waals surface area (Å²) in [5.74, 6) is -0.0974. The van der Waals surface area contributed by atoms with Gasteiger partial charge in [0.1, 0.15) is 5.69 Å². The standard InChI is InChI=1S/C24H26N4O.ClH/c1-17-8-9-20(14-18(17)2)23-22(16-28(27-23)21-6-4-3-5-7-21)24(29)26-15-19-10-12-25-13-11-19;/h3-10,14,16,25H,11-13,15H2,1-2H3,(H,26,29);1H. The van der Waals surface area contributed by atoms with Gasteiger partial charge in [-0.25, -0.2) is 4.68 Å². The summed E-state index contributed by atoms with van der Waals surface area (Å²) in [6, 6.07) is 16.1. The minimum atomic E-state index is -0.0974. The first-order valence-corrected chi connectivity index (χ1v) is 10.0. The van der Waals surface area contributed by atoms with Gasteiger partial charge in [-0.3, -0.25) is 4.79 Å². The van der Waals surface area contributed by atoms with Crippen molar-refractivity contribution in [1.82, 2.24) is 20.4 Å². The molecular formula is C24H27ClN4O. The summed E-state index contributed by atoms with van der Waals surface area (Å²) in [4.78, 5) is 13.1. The number of amides is 1.